The number of benzene rings is 1. The molecule has 0 aliphatic carbocycles. The average molecular weight is 271 g/mol. The van der Waals surface area contributed by atoms with Crippen LogP contribution in [0.15, 0.2) is 36.4 Å². The van der Waals surface area contributed by atoms with Crippen molar-refractivity contribution in [2.75, 3.05) is 7.11 Å². The van der Waals surface area contributed by atoms with Crippen LogP contribution in [-0.2, 0) is 5.41 Å². The van der Waals surface area contributed by atoms with Crippen molar-refractivity contribution in [2.24, 2.45) is 0 Å². The van der Waals surface area contributed by atoms with Crippen LogP contribution in [0, 0.1) is 0 Å². The highest BCUT2D eigenvalue weighted by atomic mass is 16.5. The molecule has 0 saturated heterocycles. The van der Waals surface area contributed by atoms with Crippen molar-refractivity contribution in [1.82, 2.24) is 4.98 Å². The molecule has 1 atom stereocenters. The summed E-state index contributed by atoms with van der Waals surface area (Å²) in [5, 5.41) is 10.7. The van der Waals surface area contributed by atoms with Gasteiger partial charge < -0.3 is 14.6 Å². The molecule has 104 valence electrons. The highest BCUT2D eigenvalue weighted by molar-refractivity contribution is 5.48. The molecule has 1 aliphatic rings. The lowest BCUT2D eigenvalue weighted by Crippen LogP contribution is -2.27. The van der Waals surface area contributed by atoms with Crippen molar-refractivity contribution in [2.45, 2.75) is 25.4 Å². The van der Waals surface area contributed by atoms with Crippen LogP contribution in [-0.4, -0.2) is 17.2 Å². The summed E-state index contributed by atoms with van der Waals surface area (Å²) in [6.07, 6.45) is -0.695. The molecule has 0 amide bonds. The number of rotatable bonds is 1. The number of ether oxygens (including phenoxy) is 2. The Kier molecular flexibility index (Phi) is 2.91. The zero-order valence-corrected chi connectivity index (χ0v) is 11.8. The quantitative estimate of drug-likeness (QED) is 0.865. The molecule has 1 aromatic carbocycles. The molecule has 0 bridgehead atoms. The van der Waals surface area contributed by atoms with E-state index in [-0.39, 0.29) is 0 Å². The number of para-hydroxylation sites is 1. The first-order valence-corrected chi connectivity index (χ1v) is 6.54. The summed E-state index contributed by atoms with van der Waals surface area (Å²) in [5.41, 5.74) is 0.895. The maximum absolute atomic E-state index is 10.7. The molecule has 2 heterocycles. The highest BCUT2D eigenvalue weighted by Gasteiger charge is 2.39. The van der Waals surface area contributed by atoms with Crippen LogP contribution in [0.5, 0.6) is 17.4 Å². The molecular formula is C16H17NO3. The molecule has 20 heavy (non-hydrogen) atoms. The lowest BCUT2D eigenvalue weighted by Gasteiger charge is -2.28. The fourth-order valence-corrected chi connectivity index (χ4v) is 2.52. The Morgan fingerprint density at radius 1 is 1.15 bits per heavy atom. The first-order valence-electron chi connectivity index (χ1n) is 6.54. The molecule has 0 saturated carbocycles. The average Bonchev–Trinajstić information content (AvgIpc) is 2.54. The Balaban J connectivity index is 2.23. The van der Waals surface area contributed by atoms with Gasteiger partial charge in [0.2, 0.25) is 5.88 Å². The van der Waals surface area contributed by atoms with Gasteiger partial charge in [-0.2, -0.15) is 0 Å². The lowest BCUT2D eigenvalue weighted by molar-refractivity contribution is 0.0989. The monoisotopic (exact) mass is 271 g/mol. The summed E-state index contributed by atoms with van der Waals surface area (Å²) in [6, 6.07) is 11.1. The van der Waals surface area contributed by atoms with Gasteiger partial charge in [0.1, 0.15) is 11.5 Å². The van der Waals surface area contributed by atoms with Crippen LogP contribution in [0.25, 0.3) is 0 Å². The third kappa shape index (κ3) is 1.84. The number of aliphatic hydroxyl groups excluding tert-OH is 1. The van der Waals surface area contributed by atoms with Gasteiger partial charge in [0.05, 0.1) is 18.9 Å². The minimum absolute atomic E-state index is 0.513. The zero-order valence-electron chi connectivity index (χ0n) is 11.8. The van der Waals surface area contributed by atoms with Crippen molar-refractivity contribution in [3.63, 3.8) is 0 Å². The molecule has 0 fully saturated rings. The van der Waals surface area contributed by atoms with Crippen molar-refractivity contribution >= 4 is 0 Å². The highest BCUT2D eigenvalue weighted by Crippen LogP contribution is 2.47. The number of pyridine rings is 1. The van der Waals surface area contributed by atoms with E-state index >= 15 is 0 Å². The van der Waals surface area contributed by atoms with Crippen molar-refractivity contribution in [1.29, 1.82) is 0 Å². The van der Waals surface area contributed by atoms with E-state index in [1.807, 2.05) is 44.2 Å². The first-order chi connectivity index (χ1) is 9.54. The van der Waals surface area contributed by atoms with E-state index < -0.39 is 11.5 Å². The van der Waals surface area contributed by atoms with E-state index in [2.05, 4.69) is 4.98 Å². The van der Waals surface area contributed by atoms with Gasteiger partial charge in [-0.1, -0.05) is 32.0 Å². The van der Waals surface area contributed by atoms with Crippen LogP contribution in [0.3, 0.4) is 0 Å². The van der Waals surface area contributed by atoms with Gasteiger partial charge in [-0.25, -0.2) is 4.98 Å². The van der Waals surface area contributed by atoms with Gasteiger partial charge in [-0.15, -0.1) is 0 Å². The molecule has 1 aromatic heterocycles. The maximum atomic E-state index is 10.7. The third-order valence-electron chi connectivity index (χ3n) is 3.77. The molecule has 1 aliphatic heterocycles. The fourth-order valence-electron chi connectivity index (χ4n) is 2.52. The van der Waals surface area contributed by atoms with Crippen LogP contribution < -0.4 is 9.47 Å². The van der Waals surface area contributed by atoms with Crippen LogP contribution in [0.1, 0.15) is 31.2 Å². The first kappa shape index (κ1) is 12.9. The van der Waals surface area contributed by atoms with E-state index in [0.717, 1.165) is 5.56 Å². The molecule has 1 unspecified atom stereocenters. The molecule has 4 nitrogen and oxygen atoms in total. The molecule has 2 aromatic rings. The Hall–Kier alpha value is -2.07. The van der Waals surface area contributed by atoms with Crippen LogP contribution in [0.4, 0.5) is 0 Å². The predicted molar refractivity (Wildman–Crippen MR) is 75.3 cm³/mol. The Bertz CT molecular complexity index is 652. The summed E-state index contributed by atoms with van der Waals surface area (Å²) in [7, 11) is 1.57. The number of nitrogens with zero attached hydrogens (tertiary/aromatic N) is 1. The molecule has 0 radical (unpaired) electrons. The summed E-state index contributed by atoms with van der Waals surface area (Å²) in [5.74, 6) is 1.83. The zero-order chi connectivity index (χ0) is 14.3. The van der Waals surface area contributed by atoms with Crippen LogP contribution in [0.2, 0.25) is 0 Å². The van der Waals surface area contributed by atoms with Gasteiger partial charge in [-0.05, 0) is 12.1 Å². The minimum atomic E-state index is -0.695. The van der Waals surface area contributed by atoms with Crippen molar-refractivity contribution in [3.8, 4) is 17.4 Å². The second-order valence-electron chi connectivity index (χ2n) is 5.46. The number of fused-ring (bicyclic) bond motifs is 2. The summed E-state index contributed by atoms with van der Waals surface area (Å²) < 4.78 is 11.1. The van der Waals surface area contributed by atoms with Crippen molar-refractivity contribution < 1.29 is 14.6 Å². The van der Waals surface area contributed by atoms with E-state index in [4.69, 9.17) is 9.47 Å². The van der Waals surface area contributed by atoms with E-state index in [1.165, 1.54) is 0 Å². The molecular weight excluding hydrogens is 254 g/mol. The van der Waals surface area contributed by atoms with Gasteiger partial charge in [0.25, 0.3) is 0 Å². The van der Waals surface area contributed by atoms with E-state index in [1.54, 1.807) is 13.2 Å². The van der Waals surface area contributed by atoms with Gasteiger partial charge in [0.15, 0.2) is 0 Å². The van der Waals surface area contributed by atoms with Gasteiger partial charge >= 0.3 is 0 Å². The predicted octanol–water partition coefficient (Wildman–Crippen LogP) is 3.21. The Morgan fingerprint density at radius 3 is 2.65 bits per heavy atom. The number of aliphatic hydroxyl groups is 1. The second-order valence-corrected chi connectivity index (χ2v) is 5.46. The van der Waals surface area contributed by atoms with Gasteiger partial charge in [-0.3, -0.25) is 0 Å². The minimum Gasteiger partial charge on any atom is -0.481 e. The largest absolute Gasteiger partial charge is 0.481 e. The smallest absolute Gasteiger partial charge is 0.213 e. The molecule has 3 rings (SSSR count). The summed E-state index contributed by atoms with van der Waals surface area (Å²) in [6.45, 7) is 3.91. The molecule has 0 spiro atoms. The maximum Gasteiger partial charge on any atom is 0.213 e. The third-order valence-corrected chi connectivity index (χ3v) is 3.77. The second kappa shape index (κ2) is 4.49. The Morgan fingerprint density at radius 2 is 1.90 bits per heavy atom. The van der Waals surface area contributed by atoms with Gasteiger partial charge in [0, 0.05) is 17.0 Å². The normalized spacial score (nSPS) is 19.3. The number of hydrogen-bond donors (Lipinski definition) is 1. The molecule has 4 heteroatoms. The summed E-state index contributed by atoms with van der Waals surface area (Å²) >= 11 is 0. The van der Waals surface area contributed by atoms with E-state index in [9.17, 15) is 5.11 Å². The SMILES string of the molecule is COc1ccc2c(n1)C(C)(C)C(O)c1ccccc1O2. The van der Waals surface area contributed by atoms with E-state index in [0.29, 0.717) is 23.1 Å². The number of aromatic nitrogens is 1. The Labute approximate surface area is 118 Å². The van der Waals surface area contributed by atoms with Crippen molar-refractivity contribution in [3.05, 3.63) is 47.7 Å². The summed E-state index contributed by atoms with van der Waals surface area (Å²) in [4.78, 5) is 4.47. The standard InChI is InChI=1S/C16H17NO3/c1-16(2)14-12(8-9-13(17-14)19-3)20-11-7-5-4-6-10(11)15(16)18/h4-9,15,18H,1-3H3. The number of methoxy groups -OCH3 is 1. The topological polar surface area (TPSA) is 51.6 Å². The molecule has 1 N–H and O–H groups in total. The number of hydrogen-bond acceptors (Lipinski definition) is 4. The fraction of sp³-hybridized carbons (Fsp3) is 0.312. The van der Waals surface area contributed by atoms with Crippen LogP contribution >= 0.6 is 0 Å². The lowest BCUT2D eigenvalue weighted by atomic mass is 9.79.